The topological polar surface area (TPSA) is 40.6 Å². The largest absolute Gasteiger partial charge is 0.343 e. The highest BCUT2D eigenvalue weighted by Gasteiger charge is 2.16. The van der Waals surface area contributed by atoms with Crippen molar-refractivity contribution in [3.63, 3.8) is 0 Å². The number of amides is 2. The molecule has 0 atom stereocenters. The molecule has 4 heteroatoms. The van der Waals surface area contributed by atoms with Crippen LogP contribution >= 0.6 is 0 Å². The minimum Gasteiger partial charge on any atom is -0.343 e. The molecule has 0 aliphatic carbocycles. The zero-order chi connectivity index (χ0) is 17.0. The lowest BCUT2D eigenvalue weighted by molar-refractivity contribution is -0.133. The van der Waals surface area contributed by atoms with Crippen LogP contribution in [0, 0.1) is 0 Å². The fraction of sp³-hybridized carbons (Fsp3) is 0.900. The normalized spacial score (nSPS) is 18.7. The van der Waals surface area contributed by atoms with Gasteiger partial charge in [0, 0.05) is 39.0 Å². The number of rotatable bonds is 9. The van der Waals surface area contributed by atoms with Crippen LogP contribution in [0.25, 0.3) is 0 Å². The number of hydrogen-bond acceptors (Lipinski definition) is 2. The zero-order valence-corrected chi connectivity index (χ0v) is 15.4. The predicted octanol–water partition coefficient (Wildman–Crippen LogP) is 4.13. The molecule has 2 aliphatic rings. The van der Waals surface area contributed by atoms with Crippen molar-refractivity contribution in [3.8, 4) is 0 Å². The number of hydrogen-bond donors (Lipinski definition) is 0. The van der Waals surface area contributed by atoms with Gasteiger partial charge in [-0.1, -0.05) is 25.7 Å². The van der Waals surface area contributed by atoms with E-state index in [-0.39, 0.29) is 0 Å². The van der Waals surface area contributed by atoms with Gasteiger partial charge >= 0.3 is 0 Å². The predicted molar refractivity (Wildman–Crippen MR) is 97.8 cm³/mol. The Morgan fingerprint density at radius 2 is 0.833 bits per heavy atom. The summed E-state index contributed by atoms with van der Waals surface area (Å²) < 4.78 is 0. The highest BCUT2D eigenvalue weighted by Crippen LogP contribution is 2.15. The summed E-state index contributed by atoms with van der Waals surface area (Å²) in [6.45, 7) is 3.90. The summed E-state index contributed by atoms with van der Waals surface area (Å²) in [6.07, 6.45) is 15.5. The highest BCUT2D eigenvalue weighted by molar-refractivity contribution is 5.76. The summed E-state index contributed by atoms with van der Waals surface area (Å²) in [4.78, 5) is 28.2. The van der Waals surface area contributed by atoms with E-state index in [0.29, 0.717) is 11.8 Å². The fourth-order valence-corrected chi connectivity index (χ4v) is 3.86. The molecule has 2 saturated heterocycles. The Bertz CT molecular complexity index is 336. The number of piperidine rings is 2. The van der Waals surface area contributed by atoms with E-state index in [1.165, 1.54) is 51.4 Å². The Labute approximate surface area is 148 Å². The van der Waals surface area contributed by atoms with Gasteiger partial charge in [-0.2, -0.15) is 0 Å². The number of likely N-dealkylation sites (tertiary alicyclic amines) is 2. The van der Waals surface area contributed by atoms with Crippen LogP contribution in [0.4, 0.5) is 0 Å². The van der Waals surface area contributed by atoms with Crippen LogP contribution in [-0.4, -0.2) is 47.8 Å². The molecule has 0 unspecified atom stereocenters. The Kier molecular flexibility index (Phi) is 9.22. The molecule has 2 aliphatic heterocycles. The molecule has 0 aromatic rings. The van der Waals surface area contributed by atoms with E-state index < -0.39 is 0 Å². The van der Waals surface area contributed by atoms with E-state index in [9.17, 15) is 9.59 Å². The molecule has 0 aromatic heterocycles. The van der Waals surface area contributed by atoms with Crippen LogP contribution in [0.5, 0.6) is 0 Å². The van der Waals surface area contributed by atoms with Gasteiger partial charge in [0.2, 0.25) is 11.8 Å². The third-order valence-electron chi connectivity index (χ3n) is 5.45. The smallest absolute Gasteiger partial charge is 0.222 e. The van der Waals surface area contributed by atoms with Crippen LogP contribution < -0.4 is 0 Å². The summed E-state index contributed by atoms with van der Waals surface area (Å²) in [5.74, 6) is 0.726. The van der Waals surface area contributed by atoms with Crippen molar-refractivity contribution in [1.82, 2.24) is 9.80 Å². The number of carbonyl (C=O) groups is 2. The molecule has 4 nitrogen and oxygen atoms in total. The Morgan fingerprint density at radius 1 is 0.500 bits per heavy atom. The second-order valence-corrected chi connectivity index (χ2v) is 7.50. The monoisotopic (exact) mass is 336 g/mol. The van der Waals surface area contributed by atoms with Crippen LogP contribution in [0.15, 0.2) is 0 Å². The Balaban J connectivity index is 1.40. The molecular formula is C20H36N2O2. The summed E-state index contributed by atoms with van der Waals surface area (Å²) in [7, 11) is 0. The average Bonchev–Trinajstić information content (AvgIpc) is 2.65. The second-order valence-electron chi connectivity index (χ2n) is 7.50. The van der Waals surface area contributed by atoms with Gasteiger partial charge in [0.05, 0.1) is 0 Å². The van der Waals surface area contributed by atoms with Gasteiger partial charge < -0.3 is 9.80 Å². The molecule has 138 valence electrons. The minimum absolute atomic E-state index is 0.363. The van der Waals surface area contributed by atoms with Gasteiger partial charge in [-0.05, 0) is 51.4 Å². The van der Waals surface area contributed by atoms with Crippen LogP contribution in [-0.2, 0) is 9.59 Å². The first-order valence-electron chi connectivity index (χ1n) is 10.3. The maximum absolute atomic E-state index is 12.0. The maximum atomic E-state index is 12.0. The minimum atomic E-state index is 0.363. The molecule has 2 rings (SSSR count). The molecule has 2 amide bonds. The van der Waals surface area contributed by atoms with E-state index in [1.807, 2.05) is 0 Å². The Morgan fingerprint density at radius 3 is 1.21 bits per heavy atom. The molecule has 0 saturated carbocycles. The maximum Gasteiger partial charge on any atom is 0.222 e. The van der Waals surface area contributed by atoms with Gasteiger partial charge in [0.25, 0.3) is 0 Å². The SMILES string of the molecule is O=C(CCCCCCCCC(=O)N1CCCCC1)N1CCCCC1. The average molecular weight is 337 g/mol. The molecule has 0 N–H and O–H groups in total. The van der Waals surface area contributed by atoms with E-state index in [2.05, 4.69) is 9.80 Å². The van der Waals surface area contributed by atoms with Crippen molar-refractivity contribution in [1.29, 1.82) is 0 Å². The molecule has 0 bridgehead atoms. The van der Waals surface area contributed by atoms with Gasteiger partial charge in [-0.3, -0.25) is 9.59 Å². The summed E-state index contributed by atoms with van der Waals surface area (Å²) >= 11 is 0. The zero-order valence-electron chi connectivity index (χ0n) is 15.4. The van der Waals surface area contributed by atoms with Crippen LogP contribution in [0.1, 0.15) is 89.9 Å². The lowest BCUT2D eigenvalue weighted by atomic mass is 10.1. The van der Waals surface area contributed by atoms with E-state index in [4.69, 9.17) is 0 Å². The molecule has 0 radical (unpaired) electrons. The lowest BCUT2D eigenvalue weighted by Crippen LogP contribution is -2.35. The summed E-state index contributed by atoms with van der Waals surface area (Å²) in [5, 5.41) is 0. The van der Waals surface area contributed by atoms with Crippen molar-refractivity contribution in [2.45, 2.75) is 89.9 Å². The van der Waals surface area contributed by atoms with Crippen LogP contribution in [0.2, 0.25) is 0 Å². The first-order chi connectivity index (χ1) is 11.8. The third-order valence-corrected chi connectivity index (χ3v) is 5.45. The lowest BCUT2D eigenvalue weighted by Gasteiger charge is -2.26. The van der Waals surface area contributed by atoms with E-state index >= 15 is 0 Å². The highest BCUT2D eigenvalue weighted by atomic mass is 16.2. The van der Waals surface area contributed by atoms with Crippen molar-refractivity contribution < 1.29 is 9.59 Å². The van der Waals surface area contributed by atoms with E-state index in [1.54, 1.807) is 0 Å². The molecule has 24 heavy (non-hydrogen) atoms. The standard InChI is InChI=1S/C20H36N2O2/c23-19(21-15-9-5-10-16-21)13-7-3-1-2-4-8-14-20(24)22-17-11-6-12-18-22/h1-18H2. The first-order valence-corrected chi connectivity index (χ1v) is 10.3. The van der Waals surface area contributed by atoms with Crippen molar-refractivity contribution in [2.24, 2.45) is 0 Å². The van der Waals surface area contributed by atoms with Gasteiger partial charge in [0.1, 0.15) is 0 Å². The number of nitrogens with zero attached hydrogens (tertiary/aromatic N) is 2. The van der Waals surface area contributed by atoms with Crippen molar-refractivity contribution >= 4 is 11.8 Å². The first kappa shape index (κ1) is 19.3. The third kappa shape index (κ3) is 7.23. The molecule has 0 aromatic carbocycles. The molecular weight excluding hydrogens is 300 g/mol. The quantitative estimate of drug-likeness (QED) is 0.594. The number of carbonyl (C=O) groups excluding carboxylic acids is 2. The van der Waals surface area contributed by atoms with Gasteiger partial charge in [-0.15, -0.1) is 0 Å². The number of unbranched alkanes of at least 4 members (excludes halogenated alkanes) is 5. The Hall–Kier alpha value is -1.06. The van der Waals surface area contributed by atoms with Gasteiger partial charge in [-0.25, -0.2) is 0 Å². The molecule has 2 heterocycles. The second kappa shape index (κ2) is 11.5. The van der Waals surface area contributed by atoms with E-state index in [0.717, 1.165) is 64.7 Å². The summed E-state index contributed by atoms with van der Waals surface area (Å²) in [6, 6.07) is 0. The van der Waals surface area contributed by atoms with Gasteiger partial charge in [0.15, 0.2) is 0 Å². The van der Waals surface area contributed by atoms with Crippen molar-refractivity contribution in [2.75, 3.05) is 26.2 Å². The van der Waals surface area contributed by atoms with Crippen molar-refractivity contribution in [3.05, 3.63) is 0 Å². The molecule has 0 spiro atoms. The van der Waals surface area contributed by atoms with Crippen LogP contribution in [0.3, 0.4) is 0 Å². The summed E-state index contributed by atoms with van der Waals surface area (Å²) in [5.41, 5.74) is 0. The fourth-order valence-electron chi connectivity index (χ4n) is 3.86. The molecule has 2 fully saturated rings.